The zero-order valence-corrected chi connectivity index (χ0v) is 33.7. The number of benzene rings is 3. The summed E-state index contributed by atoms with van der Waals surface area (Å²) in [4.78, 5) is 16.2. The zero-order valence-electron chi connectivity index (χ0n) is 38.5. The molecule has 6 rings (SSSR count). The summed E-state index contributed by atoms with van der Waals surface area (Å²) in [5.41, 5.74) is 5.16. The molecule has 49 heavy (non-hydrogen) atoms. The third-order valence-corrected chi connectivity index (χ3v) is 11.9. The second-order valence-corrected chi connectivity index (χ2v) is 15.5. The standard InChI is InChI=1S/C31H30NS.C13H24O2.Ir/c1-18-24-23-14-17-32-27(22-13-9-11-20-10-7-8-12-21(20)22)29(23)33-28(24)19(2)26-25(18)30(3,4)15-16-31(26,5)6;1-5-10(6-2)12(14)9-13(15)11(7-3)8-4;/h7-12,14,17H,15-16H2,1-6H3;9-11,14H,5-8H2,1-4H3;/q-1;;/b;12-9-;/i7D,8D,9D,10D,11D,12D,14D,17D;;. The molecule has 1 aliphatic carbocycles. The van der Waals surface area contributed by atoms with Crippen LogP contribution in [-0.4, -0.2) is 15.9 Å². The number of ketones is 1. The number of rotatable bonds is 8. The number of carbonyl (C=O) groups is 1. The average molecular weight is 861 g/mol. The van der Waals surface area contributed by atoms with Crippen LogP contribution in [-0.2, 0) is 35.7 Å². The monoisotopic (exact) mass is 861 g/mol. The second-order valence-electron chi connectivity index (χ2n) is 14.5. The molecular formula is C44H54IrNO2S-. The molecule has 0 spiro atoms. The van der Waals surface area contributed by atoms with Gasteiger partial charge in [0.2, 0.25) is 0 Å². The summed E-state index contributed by atoms with van der Waals surface area (Å²) in [7, 11) is 0. The Balaban J connectivity index is 0.000000385. The van der Waals surface area contributed by atoms with Crippen LogP contribution in [0, 0.1) is 31.7 Å². The average Bonchev–Trinajstić information content (AvgIpc) is 3.55. The molecule has 2 aromatic heterocycles. The van der Waals surface area contributed by atoms with Gasteiger partial charge < -0.3 is 10.1 Å². The minimum Gasteiger partial charge on any atom is -0.512 e. The number of fused-ring (bicyclic) bond motifs is 5. The molecule has 5 aromatic rings. The van der Waals surface area contributed by atoms with Crippen molar-refractivity contribution in [3.63, 3.8) is 0 Å². The van der Waals surface area contributed by atoms with E-state index < -0.39 is 18.1 Å². The van der Waals surface area contributed by atoms with E-state index >= 15 is 0 Å². The van der Waals surface area contributed by atoms with Crippen LogP contribution in [0.5, 0.6) is 0 Å². The maximum absolute atomic E-state index is 11.7. The van der Waals surface area contributed by atoms with Crippen molar-refractivity contribution >= 4 is 48.1 Å². The molecule has 263 valence electrons. The fraction of sp³-hybridized carbons (Fsp3) is 0.455. The van der Waals surface area contributed by atoms with Gasteiger partial charge in [0.15, 0.2) is 5.78 Å². The Hall–Kier alpha value is -2.85. The summed E-state index contributed by atoms with van der Waals surface area (Å²) in [6.07, 6.45) is 6.74. The minimum absolute atomic E-state index is 0. The first-order valence-corrected chi connectivity index (χ1v) is 18.2. The predicted octanol–water partition coefficient (Wildman–Crippen LogP) is 12.9. The number of nitrogens with zero attached hydrogens (tertiary/aromatic N) is 1. The number of aromatic nitrogens is 1. The smallest absolute Gasteiger partial charge is 0.162 e. The number of aliphatic hydroxyl groups excluding tert-OH is 1. The molecule has 0 atom stereocenters. The number of pyridine rings is 1. The predicted molar refractivity (Wildman–Crippen MR) is 208 cm³/mol. The van der Waals surface area contributed by atoms with Gasteiger partial charge in [0.25, 0.3) is 0 Å². The third kappa shape index (κ3) is 7.32. The summed E-state index contributed by atoms with van der Waals surface area (Å²) in [5, 5.41) is 11.2. The van der Waals surface area contributed by atoms with Gasteiger partial charge in [-0.2, -0.15) is 0 Å². The molecule has 0 saturated carbocycles. The molecule has 0 amide bonds. The quantitative estimate of drug-likeness (QED) is 0.0961. The number of hydrogen-bond acceptors (Lipinski definition) is 4. The Labute approximate surface area is 323 Å². The normalized spacial score (nSPS) is 17.6. The van der Waals surface area contributed by atoms with Gasteiger partial charge in [0.1, 0.15) is 0 Å². The van der Waals surface area contributed by atoms with Gasteiger partial charge in [-0.25, -0.2) is 0 Å². The Morgan fingerprint density at radius 2 is 1.49 bits per heavy atom. The molecule has 2 heterocycles. The van der Waals surface area contributed by atoms with Crippen molar-refractivity contribution < 1.29 is 41.0 Å². The minimum atomic E-state index is -0.475. The molecule has 1 aliphatic rings. The van der Waals surface area contributed by atoms with Crippen molar-refractivity contribution in [2.24, 2.45) is 11.8 Å². The molecule has 3 nitrogen and oxygen atoms in total. The Morgan fingerprint density at radius 3 is 2.10 bits per heavy atom. The molecule has 0 unspecified atom stereocenters. The van der Waals surface area contributed by atoms with E-state index in [1.54, 1.807) is 0 Å². The zero-order chi connectivity index (χ0) is 41.9. The van der Waals surface area contributed by atoms with Crippen molar-refractivity contribution in [3.05, 3.63) is 88.6 Å². The topological polar surface area (TPSA) is 50.2 Å². The Morgan fingerprint density at radius 1 is 0.898 bits per heavy atom. The fourth-order valence-corrected chi connectivity index (χ4v) is 8.97. The number of allylic oxidation sites excluding steroid dienone is 2. The SMILES string of the molecule is CCC(CC)C(=O)/C=C(\O)C(CC)CC.[2H]c1[c-]c(-c2nc([2H])c([2H])c3c2sc2c(C)c4c(c(C)c23)C(C)(C)CCC4(C)C)c2c([2H])c([2H])c([2H])c([2H])c2c1[2H].[Ir]. The van der Waals surface area contributed by atoms with Crippen LogP contribution < -0.4 is 0 Å². The maximum Gasteiger partial charge on any atom is 0.162 e. The molecule has 0 aliphatic heterocycles. The molecule has 1 radical (unpaired) electrons. The van der Waals surface area contributed by atoms with E-state index in [2.05, 4.69) is 52.6 Å². The van der Waals surface area contributed by atoms with Crippen LogP contribution >= 0.6 is 11.3 Å². The summed E-state index contributed by atoms with van der Waals surface area (Å²) >= 11 is 1.47. The first-order valence-electron chi connectivity index (χ1n) is 21.4. The van der Waals surface area contributed by atoms with Crippen LogP contribution in [0.4, 0.5) is 0 Å². The van der Waals surface area contributed by atoms with E-state index in [1.807, 2.05) is 27.7 Å². The van der Waals surface area contributed by atoms with Crippen LogP contribution in [0.2, 0.25) is 0 Å². The van der Waals surface area contributed by atoms with Crippen molar-refractivity contribution in [2.45, 2.75) is 119 Å². The molecule has 0 saturated heterocycles. The fourth-order valence-electron chi connectivity index (χ4n) is 7.65. The largest absolute Gasteiger partial charge is 0.512 e. The summed E-state index contributed by atoms with van der Waals surface area (Å²) in [6.45, 7) is 21.4. The van der Waals surface area contributed by atoms with Gasteiger partial charge in [0, 0.05) is 66.0 Å². The van der Waals surface area contributed by atoms with Gasteiger partial charge in [0.05, 0.1) is 14.0 Å². The summed E-state index contributed by atoms with van der Waals surface area (Å²) in [5.74, 6) is 0.547. The van der Waals surface area contributed by atoms with Crippen LogP contribution in [0.15, 0.2) is 60.3 Å². The number of thiophene rings is 1. The van der Waals surface area contributed by atoms with Crippen LogP contribution in [0.25, 0.3) is 42.2 Å². The van der Waals surface area contributed by atoms with E-state index in [0.717, 1.165) is 59.7 Å². The number of hydrogen-bond donors (Lipinski definition) is 1. The first-order chi connectivity index (χ1) is 26.1. The van der Waals surface area contributed by atoms with Crippen molar-refractivity contribution in [1.29, 1.82) is 0 Å². The van der Waals surface area contributed by atoms with E-state index in [1.165, 1.54) is 28.5 Å². The number of carbonyl (C=O) groups excluding carboxylic acids is 1. The molecule has 0 fully saturated rings. The van der Waals surface area contributed by atoms with E-state index in [0.29, 0.717) is 10.1 Å². The third-order valence-electron chi connectivity index (χ3n) is 10.5. The van der Waals surface area contributed by atoms with E-state index in [4.69, 9.17) is 11.0 Å². The second kappa shape index (κ2) is 15.6. The van der Waals surface area contributed by atoms with Gasteiger partial charge in [-0.15, -0.1) is 40.4 Å². The van der Waals surface area contributed by atoms with Crippen molar-refractivity contribution in [3.8, 4) is 11.3 Å². The molecular weight excluding hydrogens is 799 g/mol. The van der Waals surface area contributed by atoms with Gasteiger partial charge in [-0.3, -0.25) is 4.79 Å². The van der Waals surface area contributed by atoms with Gasteiger partial charge in [-0.05, 0) is 98.3 Å². The molecule has 5 heteroatoms. The molecule has 0 bridgehead atoms. The Bertz CT molecular complexity index is 2430. The Kier molecular flexibility index (Phi) is 9.16. The molecule has 3 aromatic carbocycles. The first kappa shape index (κ1) is 28.8. The molecule has 1 N–H and O–H groups in total. The van der Waals surface area contributed by atoms with Gasteiger partial charge in [-0.1, -0.05) is 84.9 Å². The van der Waals surface area contributed by atoms with Crippen LogP contribution in [0.3, 0.4) is 0 Å². The van der Waals surface area contributed by atoms with Gasteiger partial charge >= 0.3 is 0 Å². The summed E-state index contributed by atoms with van der Waals surface area (Å²) < 4.78 is 69.8. The summed E-state index contributed by atoms with van der Waals surface area (Å²) in [6, 6.07) is 0.556. The maximum atomic E-state index is 11.7. The van der Waals surface area contributed by atoms with Crippen molar-refractivity contribution in [1.82, 2.24) is 4.98 Å². The van der Waals surface area contributed by atoms with E-state index in [-0.39, 0.29) is 107 Å². The van der Waals surface area contributed by atoms with Crippen LogP contribution in [0.1, 0.15) is 127 Å². The number of aliphatic hydroxyl groups is 1. The van der Waals surface area contributed by atoms with E-state index in [9.17, 15) is 9.90 Å². The van der Waals surface area contributed by atoms with Crippen molar-refractivity contribution in [2.75, 3.05) is 0 Å². The number of aryl methyl sites for hydroxylation is 2.